The topological polar surface area (TPSA) is 84.9 Å². The van der Waals surface area contributed by atoms with E-state index < -0.39 is 5.97 Å². The first-order chi connectivity index (χ1) is 13.0. The average molecular weight is 374 g/mol. The van der Waals surface area contributed by atoms with Crippen LogP contribution in [0.1, 0.15) is 39.0 Å². The monoisotopic (exact) mass is 374 g/mol. The third kappa shape index (κ3) is 4.99. The molecule has 1 fully saturated rings. The molecule has 7 heteroatoms. The Morgan fingerprint density at radius 1 is 1.26 bits per heavy atom. The van der Waals surface area contributed by atoms with Gasteiger partial charge in [-0.25, -0.2) is 0 Å². The average Bonchev–Trinajstić information content (AvgIpc) is 2.67. The Kier molecular flexibility index (Phi) is 6.32. The third-order valence-electron chi connectivity index (χ3n) is 5.17. The molecule has 0 bridgehead atoms. The van der Waals surface area contributed by atoms with E-state index in [4.69, 9.17) is 9.47 Å². The number of carbonyl (C=O) groups is 3. The van der Waals surface area contributed by atoms with Crippen molar-refractivity contribution in [3.8, 4) is 5.75 Å². The number of anilines is 1. The maximum atomic E-state index is 12.1. The van der Waals surface area contributed by atoms with Crippen LogP contribution in [0.4, 0.5) is 5.69 Å². The summed E-state index contributed by atoms with van der Waals surface area (Å²) in [7, 11) is 0. The van der Waals surface area contributed by atoms with Gasteiger partial charge >= 0.3 is 5.97 Å². The highest BCUT2D eigenvalue weighted by Gasteiger charge is 2.26. The summed E-state index contributed by atoms with van der Waals surface area (Å²) in [6, 6.07) is 7.35. The minimum absolute atomic E-state index is 0.0210. The summed E-state index contributed by atoms with van der Waals surface area (Å²) in [5, 5.41) is 2.95. The van der Waals surface area contributed by atoms with Crippen LogP contribution in [-0.2, 0) is 19.1 Å². The molecule has 1 aromatic carbocycles. The van der Waals surface area contributed by atoms with E-state index in [1.807, 2.05) is 12.1 Å². The maximum Gasteiger partial charge on any atom is 0.308 e. The molecule has 2 atom stereocenters. The van der Waals surface area contributed by atoms with Crippen molar-refractivity contribution in [3.63, 3.8) is 0 Å². The fourth-order valence-corrected chi connectivity index (χ4v) is 3.60. The number of hydrogen-bond acceptors (Lipinski definition) is 5. The number of hydrogen-bond donors (Lipinski definition) is 1. The van der Waals surface area contributed by atoms with Gasteiger partial charge in [0.2, 0.25) is 0 Å². The van der Waals surface area contributed by atoms with Crippen LogP contribution in [0.2, 0.25) is 0 Å². The van der Waals surface area contributed by atoms with E-state index in [1.54, 1.807) is 12.1 Å². The summed E-state index contributed by atoms with van der Waals surface area (Å²) in [5.41, 5.74) is 0.644. The van der Waals surface area contributed by atoms with Crippen molar-refractivity contribution in [3.05, 3.63) is 24.3 Å². The van der Waals surface area contributed by atoms with Crippen LogP contribution in [-0.4, -0.2) is 43.6 Å². The number of para-hydroxylation sites is 2. The van der Waals surface area contributed by atoms with Crippen molar-refractivity contribution in [2.45, 2.75) is 45.1 Å². The molecule has 0 radical (unpaired) electrons. The molecule has 27 heavy (non-hydrogen) atoms. The molecule has 1 aliphatic heterocycles. The quantitative estimate of drug-likeness (QED) is 0.770. The molecule has 3 rings (SSSR count). The highest BCUT2D eigenvalue weighted by Crippen LogP contribution is 2.31. The molecule has 1 aromatic rings. The van der Waals surface area contributed by atoms with Gasteiger partial charge in [-0.2, -0.15) is 0 Å². The summed E-state index contributed by atoms with van der Waals surface area (Å²) in [6.45, 7) is 2.00. The SMILES string of the molecule is CC1CCCCC1NC(=O)COC(=O)CCN1C(=O)COc2ccccc21. The number of esters is 1. The van der Waals surface area contributed by atoms with Crippen LogP contribution < -0.4 is 15.0 Å². The van der Waals surface area contributed by atoms with Crippen LogP contribution in [0.5, 0.6) is 5.75 Å². The van der Waals surface area contributed by atoms with Crippen molar-refractivity contribution < 1.29 is 23.9 Å². The van der Waals surface area contributed by atoms with Crippen LogP contribution in [0, 0.1) is 5.92 Å². The molecule has 2 amide bonds. The Bertz CT molecular complexity index is 705. The van der Waals surface area contributed by atoms with Crippen LogP contribution in [0.25, 0.3) is 0 Å². The normalized spacial score (nSPS) is 21.8. The van der Waals surface area contributed by atoms with Gasteiger partial charge in [-0.15, -0.1) is 0 Å². The maximum absolute atomic E-state index is 12.1. The van der Waals surface area contributed by atoms with Gasteiger partial charge in [-0.3, -0.25) is 14.4 Å². The van der Waals surface area contributed by atoms with Crippen molar-refractivity contribution >= 4 is 23.5 Å². The van der Waals surface area contributed by atoms with Crippen LogP contribution in [0.3, 0.4) is 0 Å². The predicted molar refractivity (Wildman–Crippen MR) is 99.4 cm³/mol. The van der Waals surface area contributed by atoms with Crippen LogP contribution >= 0.6 is 0 Å². The zero-order chi connectivity index (χ0) is 19.2. The lowest BCUT2D eigenvalue weighted by molar-refractivity contribution is -0.148. The Balaban J connectivity index is 1.43. The minimum Gasteiger partial charge on any atom is -0.482 e. The lowest BCUT2D eigenvalue weighted by Gasteiger charge is -2.29. The zero-order valence-corrected chi connectivity index (χ0v) is 15.6. The van der Waals surface area contributed by atoms with Crippen molar-refractivity contribution in [2.75, 3.05) is 24.7 Å². The molecule has 146 valence electrons. The number of nitrogens with zero attached hydrogens (tertiary/aromatic N) is 1. The van der Waals surface area contributed by atoms with E-state index in [0.717, 1.165) is 19.3 Å². The number of amides is 2. The summed E-state index contributed by atoms with van der Waals surface area (Å²) >= 11 is 0. The molecule has 1 heterocycles. The first-order valence-corrected chi connectivity index (χ1v) is 9.52. The molecule has 1 aliphatic carbocycles. The van der Waals surface area contributed by atoms with E-state index >= 15 is 0 Å². The van der Waals surface area contributed by atoms with E-state index in [9.17, 15) is 14.4 Å². The molecule has 2 aliphatic rings. The van der Waals surface area contributed by atoms with E-state index in [1.165, 1.54) is 11.3 Å². The summed E-state index contributed by atoms with van der Waals surface area (Å²) in [5.74, 6) is 0.0938. The molecule has 1 saturated carbocycles. The zero-order valence-electron chi connectivity index (χ0n) is 15.6. The Hall–Kier alpha value is -2.57. The number of carbonyl (C=O) groups excluding carboxylic acids is 3. The second-order valence-corrected chi connectivity index (χ2v) is 7.15. The Morgan fingerprint density at radius 3 is 2.85 bits per heavy atom. The van der Waals surface area contributed by atoms with Crippen molar-refractivity contribution in [1.82, 2.24) is 5.32 Å². The lowest BCUT2D eigenvalue weighted by Crippen LogP contribution is -2.43. The van der Waals surface area contributed by atoms with Gasteiger partial charge < -0.3 is 19.7 Å². The highest BCUT2D eigenvalue weighted by atomic mass is 16.5. The lowest BCUT2D eigenvalue weighted by atomic mass is 9.86. The molecular formula is C20H26N2O5. The number of fused-ring (bicyclic) bond motifs is 1. The van der Waals surface area contributed by atoms with Gasteiger partial charge in [0.1, 0.15) is 5.75 Å². The predicted octanol–water partition coefficient (Wildman–Crippen LogP) is 2.04. The van der Waals surface area contributed by atoms with Crippen molar-refractivity contribution in [2.24, 2.45) is 5.92 Å². The van der Waals surface area contributed by atoms with Gasteiger partial charge in [-0.1, -0.05) is 31.9 Å². The fraction of sp³-hybridized carbons (Fsp3) is 0.550. The first-order valence-electron chi connectivity index (χ1n) is 9.52. The Morgan fingerprint density at radius 2 is 2.04 bits per heavy atom. The highest BCUT2D eigenvalue weighted by molar-refractivity contribution is 5.98. The fourth-order valence-electron chi connectivity index (χ4n) is 3.60. The molecule has 2 unspecified atom stereocenters. The van der Waals surface area contributed by atoms with E-state index in [-0.39, 0.29) is 44.0 Å². The Labute approximate surface area is 159 Å². The number of ether oxygens (including phenoxy) is 2. The molecule has 0 aromatic heterocycles. The molecular weight excluding hydrogens is 348 g/mol. The standard InChI is InChI=1S/C20H26N2O5/c1-14-6-2-3-7-15(14)21-18(23)12-27-20(25)10-11-22-16-8-4-5-9-17(16)26-13-19(22)24/h4-5,8-9,14-15H,2-3,6-7,10-13H2,1H3,(H,21,23). The number of benzene rings is 1. The summed E-state index contributed by atoms with van der Waals surface area (Å²) < 4.78 is 10.4. The van der Waals surface area contributed by atoms with Gasteiger partial charge in [0, 0.05) is 12.6 Å². The molecule has 0 saturated heterocycles. The van der Waals surface area contributed by atoms with Gasteiger partial charge in [0.25, 0.3) is 11.8 Å². The van der Waals surface area contributed by atoms with E-state index in [0.29, 0.717) is 17.4 Å². The second kappa shape index (κ2) is 8.88. The van der Waals surface area contributed by atoms with E-state index in [2.05, 4.69) is 12.2 Å². The number of nitrogens with one attached hydrogen (secondary N) is 1. The molecule has 0 spiro atoms. The first kappa shape index (κ1) is 19.2. The van der Waals surface area contributed by atoms with Gasteiger partial charge in [-0.05, 0) is 30.9 Å². The van der Waals surface area contributed by atoms with Crippen molar-refractivity contribution in [1.29, 1.82) is 0 Å². The molecule has 7 nitrogen and oxygen atoms in total. The van der Waals surface area contributed by atoms with Crippen LogP contribution in [0.15, 0.2) is 24.3 Å². The summed E-state index contributed by atoms with van der Waals surface area (Å²) in [6.07, 6.45) is 4.42. The number of rotatable bonds is 6. The third-order valence-corrected chi connectivity index (χ3v) is 5.17. The largest absolute Gasteiger partial charge is 0.482 e. The molecule has 1 N–H and O–H groups in total. The summed E-state index contributed by atoms with van der Waals surface area (Å²) in [4.78, 5) is 37.6. The van der Waals surface area contributed by atoms with Gasteiger partial charge in [0.05, 0.1) is 12.1 Å². The van der Waals surface area contributed by atoms with Gasteiger partial charge in [0.15, 0.2) is 13.2 Å². The second-order valence-electron chi connectivity index (χ2n) is 7.15. The minimum atomic E-state index is -0.501. The smallest absolute Gasteiger partial charge is 0.308 e.